The van der Waals surface area contributed by atoms with E-state index in [-0.39, 0.29) is 29.7 Å². The van der Waals surface area contributed by atoms with E-state index in [2.05, 4.69) is 15.3 Å². The van der Waals surface area contributed by atoms with Crippen molar-refractivity contribution >= 4 is 17.6 Å². The number of aromatic nitrogens is 2. The van der Waals surface area contributed by atoms with Gasteiger partial charge < -0.3 is 10.2 Å². The van der Waals surface area contributed by atoms with Crippen LogP contribution in [0.1, 0.15) is 57.0 Å². The Bertz CT molecular complexity index is 625. The monoisotopic (exact) mass is 316 g/mol. The van der Waals surface area contributed by atoms with Crippen LogP contribution in [0, 0.1) is 12.8 Å². The number of carbonyl (C=O) groups is 2. The van der Waals surface area contributed by atoms with Gasteiger partial charge in [-0.1, -0.05) is 13.8 Å². The van der Waals surface area contributed by atoms with Crippen molar-refractivity contribution in [2.24, 2.45) is 5.92 Å². The molecule has 1 aliphatic carbocycles. The van der Waals surface area contributed by atoms with E-state index < -0.39 is 0 Å². The van der Waals surface area contributed by atoms with Crippen LogP contribution in [0.4, 0.5) is 5.82 Å². The molecule has 1 aromatic heterocycles. The zero-order valence-electron chi connectivity index (χ0n) is 14.0. The molecule has 1 saturated carbocycles. The summed E-state index contributed by atoms with van der Waals surface area (Å²) in [4.78, 5) is 35.4. The lowest BCUT2D eigenvalue weighted by Crippen LogP contribution is -2.44. The van der Waals surface area contributed by atoms with E-state index in [4.69, 9.17) is 0 Å². The third-order valence-electron chi connectivity index (χ3n) is 4.40. The van der Waals surface area contributed by atoms with Gasteiger partial charge in [0.25, 0.3) is 0 Å². The Morgan fingerprint density at radius 3 is 2.65 bits per heavy atom. The lowest BCUT2D eigenvalue weighted by Gasteiger charge is -2.24. The molecule has 1 saturated heterocycles. The fourth-order valence-corrected chi connectivity index (χ4v) is 2.99. The topological polar surface area (TPSA) is 75.2 Å². The molecule has 23 heavy (non-hydrogen) atoms. The van der Waals surface area contributed by atoms with Gasteiger partial charge >= 0.3 is 0 Å². The van der Waals surface area contributed by atoms with Gasteiger partial charge in [-0.2, -0.15) is 0 Å². The van der Waals surface area contributed by atoms with Crippen molar-refractivity contribution in [2.75, 3.05) is 11.9 Å². The van der Waals surface area contributed by atoms with E-state index in [9.17, 15) is 9.59 Å². The molecule has 6 nitrogen and oxygen atoms in total. The van der Waals surface area contributed by atoms with E-state index in [1.807, 2.05) is 20.8 Å². The molecular formula is C17H24N4O2. The summed E-state index contributed by atoms with van der Waals surface area (Å²) in [5, 5.41) is 2.88. The summed E-state index contributed by atoms with van der Waals surface area (Å²) in [5.41, 5.74) is 0.830. The lowest BCUT2D eigenvalue weighted by atomic mass is 10.2. The van der Waals surface area contributed by atoms with Crippen LogP contribution < -0.4 is 5.32 Å². The van der Waals surface area contributed by atoms with Gasteiger partial charge in [0.2, 0.25) is 11.8 Å². The number of nitrogens with one attached hydrogen (secondary N) is 1. The summed E-state index contributed by atoms with van der Waals surface area (Å²) in [7, 11) is 0. The molecule has 124 valence electrons. The van der Waals surface area contributed by atoms with Gasteiger partial charge in [-0.15, -0.1) is 0 Å². The smallest absolute Gasteiger partial charge is 0.248 e. The second-order valence-electron chi connectivity index (χ2n) is 6.86. The number of hydrogen-bond acceptors (Lipinski definition) is 4. The molecule has 2 aliphatic rings. The maximum atomic E-state index is 12.6. The molecule has 1 N–H and O–H groups in total. The minimum absolute atomic E-state index is 0.135. The van der Waals surface area contributed by atoms with Crippen molar-refractivity contribution in [3.63, 3.8) is 0 Å². The van der Waals surface area contributed by atoms with E-state index in [0.29, 0.717) is 12.4 Å². The van der Waals surface area contributed by atoms with E-state index in [1.165, 1.54) is 0 Å². The number of aryl methyl sites for hydroxylation is 1. The molecule has 1 unspecified atom stereocenters. The van der Waals surface area contributed by atoms with Crippen molar-refractivity contribution in [1.82, 2.24) is 14.9 Å². The predicted octanol–water partition coefficient (Wildman–Crippen LogP) is 2.25. The highest BCUT2D eigenvalue weighted by Gasteiger charge is 2.40. The van der Waals surface area contributed by atoms with Gasteiger partial charge in [-0.25, -0.2) is 9.97 Å². The van der Waals surface area contributed by atoms with Gasteiger partial charge in [-0.3, -0.25) is 9.59 Å². The second kappa shape index (κ2) is 6.26. The summed E-state index contributed by atoms with van der Waals surface area (Å²) in [6.07, 6.45) is 3.54. The fourth-order valence-electron chi connectivity index (χ4n) is 2.99. The molecule has 6 heteroatoms. The van der Waals surface area contributed by atoms with Crippen LogP contribution >= 0.6 is 0 Å². The van der Waals surface area contributed by atoms with Crippen LogP contribution in [-0.4, -0.2) is 39.3 Å². The molecule has 1 aliphatic heterocycles. The molecule has 0 spiro atoms. The third kappa shape index (κ3) is 3.51. The van der Waals surface area contributed by atoms with Crippen LogP contribution in [0.2, 0.25) is 0 Å². The number of anilines is 1. The molecule has 0 bridgehead atoms. The molecule has 2 heterocycles. The Morgan fingerprint density at radius 1 is 1.26 bits per heavy atom. The summed E-state index contributed by atoms with van der Waals surface area (Å²) in [5.74, 6) is 1.60. The quantitative estimate of drug-likeness (QED) is 0.924. The first-order chi connectivity index (χ1) is 11.0. The maximum absolute atomic E-state index is 12.6. The average Bonchev–Trinajstić information content (AvgIpc) is 3.22. The van der Waals surface area contributed by atoms with Gasteiger partial charge in [0.1, 0.15) is 17.7 Å². The van der Waals surface area contributed by atoms with Crippen molar-refractivity contribution in [3.8, 4) is 0 Å². The Balaban J connectivity index is 1.72. The van der Waals surface area contributed by atoms with Crippen LogP contribution in [0.25, 0.3) is 0 Å². The van der Waals surface area contributed by atoms with Crippen molar-refractivity contribution in [3.05, 3.63) is 17.6 Å². The summed E-state index contributed by atoms with van der Waals surface area (Å²) in [6, 6.07) is 1.41. The van der Waals surface area contributed by atoms with E-state index in [0.717, 1.165) is 37.2 Å². The minimum Gasteiger partial charge on any atom is -0.330 e. The number of hydrogen-bond donors (Lipinski definition) is 1. The highest BCUT2D eigenvalue weighted by Crippen LogP contribution is 2.33. The van der Waals surface area contributed by atoms with Crippen molar-refractivity contribution in [2.45, 2.75) is 58.4 Å². The number of likely N-dealkylation sites (tertiary alicyclic amines) is 1. The predicted molar refractivity (Wildman–Crippen MR) is 86.9 cm³/mol. The number of rotatable bonds is 4. The Labute approximate surface area is 136 Å². The van der Waals surface area contributed by atoms with Crippen LogP contribution in [0.5, 0.6) is 0 Å². The molecule has 1 aromatic rings. The van der Waals surface area contributed by atoms with Crippen LogP contribution in [0.15, 0.2) is 6.07 Å². The molecule has 1 atom stereocenters. The summed E-state index contributed by atoms with van der Waals surface area (Å²) < 4.78 is 0. The molecule has 2 fully saturated rings. The Morgan fingerprint density at radius 2 is 2.00 bits per heavy atom. The summed E-state index contributed by atoms with van der Waals surface area (Å²) >= 11 is 0. The van der Waals surface area contributed by atoms with Crippen molar-refractivity contribution < 1.29 is 9.59 Å². The van der Waals surface area contributed by atoms with Crippen LogP contribution in [0.3, 0.4) is 0 Å². The third-order valence-corrected chi connectivity index (χ3v) is 4.40. The second-order valence-corrected chi connectivity index (χ2v) is 6.86. The average molecular weight is 316 g/mol. The number of carbonyl (C=O) groups excluding carboxylic acids is 2. The molecule has 2 amide bonds. The Hall–Kier alpha value is -1.98. The van der Waals surface area contributed by atoms with Crippen LogP contribution in [-0.2, 0) is 9.59 Å². The van der Waals surface area contributed by atoms with Gasteiger partial charge in [0.05, 0.1) is 0 Å². The fraction of sp³-hybridized carbons (Fsp3) is 0.647. The first kappa shape index (κ1) is 15.9. The van der Waals surface area contributed by atoms with Gasteiger partial charge in [0.15, 0.2) is 0 Å². The number of nitrogens with zero attached hydrogens (tertiary/aromatic N) is 3. The lowest BCUT2D eigenvalue weighted by molar-refractivity contribution is -0.137. The highest BCUT2D eigenvalue weighted by molar-refractivity contribution is 5.97. The first-order valence-corrected chi connectivity index (χ1v) is 8.42. The molecule has 0 radical (unpaired) electrons. The van der Waals surface area contributed by atoms with Crippen molar-refractivity contribution in [1.29, 1.82) is 0 Å². The van der Waals surface area contributed by atoms with E-state index in [1.54, 1.807) is 11.0 Å². The zero-order valence-corrected chi connectivity index (χ0v) is 14.0. The SMILES string of the molecule is Cc1cc(NC(=O)C2CCCN2C(=O)C2CC2)nc(C(C)C)n1. The molecule has 0 aromatic carbocycles. The normalized spacial score (nSPS) is 20.9. The largest absolute Gasteiger partial charge is 0.330 e. The standard InChI is InChI=1S/C17H24N4O2/c1-10(2)15-18-11(3)9-14(19-15)20-16(22)13-5-4-8-21(13)17(23)12-6-7-12/h9-10,12-13H,4-8H2,1-3H3,(H,18,19,20,22). The molecule has 3 rings (SSSR count). The molecular weight excluding hydrogens is 292 g/mol. The maximum Gasteiger partial charge on any atom is 0.248 e. The summed E-state index contributed by atoms with van der Waals surface area (Å²) in [6.45, 7) is 6.62. The van der Waals surface area contributed by atoms with E-state index >= 15 is 0 Å². The van der Waals surface area contributed by atoms with Gasteiger partial charge in [0, 0.05) is 30.1 Å². The Kier molecular flexibility index (Phi) is 4.33. The zero-order chi connectivity index (χ0) is 16.6. The van der Waals surface area contributed by atoms with Gasteiger partial charge in [-0.05, 0) is 32.6 Å². The first-order valence-electron chi connectivity index (χ1n) is 8.42. The highest BCUT2D eigenvalue weighted by atomic mass is 16.2. The minimum atomic E-state index is -0.360. The number of amides is 2.